The number of thiophene rings is 1. The lowest BCUT2D eigenvalue weighted by Crippen LogP contribution is -2.00. The fourth-order valence-corrected chi connectivity index (χ4v) is 2.83. The number of anilines is 1. The van der Waals surface area contributed by atoms with Crippen molar-refractivity contribution in [2.24, 2.45) is 0 Å². The number of halogens is 1. The monoisotopic (exact) mass is 265 g/mol. The first kappa shape index (κ1) is 11.0. The van der Waals surface area contributed by atoms with Crippen molar-refractivity contribution < 1.29 is 0 Å². The van der Waals surface area contributed by atoms with Crippen molar-refractivity contribution in [2.45, 2.75) is 18.8 Å². The highest BCUT2D eigenvalue weighted by Crippen LogP contribution is 2.40. The molecule has 0 radical (unpaired) electrons. The SMILES string of the molecule is CNc1cc(-c2sccc2Cl)nc(C2CC2)n1. The lowest BCUT2D eigenvalue weighted by atomic mass is 10.3. The van der Waals surface area contributed by atoms with Crippen LogP contribution in [0.3, 0.4) is 0 Å². The van der Waals surface area contributed by atoms with E-state index >= 15 is 0 Å². The van der Waals surface area contributed by atoms with Crippen molar-refractivity contribution in [3.8, 4) is 10.6 Å². The van der Waals surface area contributed by atoms with Gasteiger partial charge in [-0.2, -0.15) is 0 Å². The van der Waals surface area contributed by atoms with Crippen molar-refractivity contribution in [1.82, 2.24) is 9.97 Å². The molecule has 1 aliphatic carbocycles. The second-order valence-corrected chi connectivity index (χ2v) is 5.44. The fraction of sp³-hybridized carbons (Fsp3) is 0.333. The van der Waals surface area contributed by atoms with E-state index in [1.54, 1.807) is 11.3 Å². The molecule has 0 aliphatic heterocycles. The summed E-state index contributed by atoms with van der Waals surface area (Å²) < 4.78 is 0. The molecule has 1 N–H and O–H groups in total. The number of rotatable bonds is 3. The molecule has 2 aromatic rings. The zero-order valence-electron chi connectivity index (χ0n) is 9.40. The Morgan fingerprint density at radius 3 is 2.82 bits per heavy atom. The summed E-state index contributed by atoms with van der Waals surface area (Å²) in [5.74, 6) is 2.35. The summed E-state index contributed by atoms with van der Waals surface area (Å²) in [6, 6.07) is 3.85. The van der Waals surface area contributed by atoms with E-state index in [9.17, 15) is 0 Å². The van der Waals surface area contributed by atoms with Crippen LogP contribution in [0.5, 0.6) is 0 Å². The fourth-order valence-electron chi connectivity index (χ4n) is 1.71. The molecule has 3 rings (SSSR count). The molecule has 0 unspecified atom stereocenters. The average molecular weight is 266 g/mol. The average Bonchev–Trinajstić information content (AvgIpc) is 3.11. The highest BCUT2D eigenvalue weighted by atomic mass is 35.5. The highest BCUT2D eigenvalue weighted by molar-refractivity contribution is 7.14. The van der Waals surface area contributed by atoms with Crippen LogP contribution in [0.1, 0.15) is 24.6 Å². The quantitative estimate of drug-likeness (QED) is 0.918. The van der Waals surface area contributed by atoms with Crippen LogP contribution in [0.25, 0.3) is 10.6 Å². The Bertz CT molecular complexity index is 548. The number of nitrogens with one attached hydrogen (secondary N) is 1. The smallest absolute Gasteiger partial charge is 0.134 e. The number of nitrogens with zero attached hydrogens (tertiary/aromatic N) is 2. The molecule has 0 aromatic carbocycles. The maximum absolute atomic E-state index is 6.15. The van der Waals surface area contributed by atoms with Crippen molar-refractivity contribution in [1.29, 1.82) is 0 Å². The van der Waals surface area contributed by atoms with Gasteiger partial charge in [-0.15, -0.1) is 11.3 Å². The standard InChI is InChI=1S/C12H12ClN3S/c1-14-10-6-9(11-8(13)4-5-17-11)15-12(16-10)7-2-3-7/h4-7H,2-3H2,1H3,(H,14,15,16). The van der Waals surface area contributed by atoms with E-state index in [0.717, 1.165) is 27.2 Å². The molecular formula is C12H12ClN3S. The Balaban J connectivity index is 2.09. The molecule has 88 valence electrons. The molecule has 2 aromatic heterocycles. The van der Waals surface area contributed by atoms with Crippen LogP contribution < -0.4 is 5.32 Å². The van der Waals surface area contributed by atoms with E-state index in [4.69, 9.17) is 11.6 Å². The molecule has 0 bridgehead atoms. The molecule has 0 amide bonds. The Morgan fingerprint density at radius 1 is 1.41 bits per heavy atom. The van der Waals surface area contributed by atoms with Gasteiger partial charge in [-0.05, 0) is 24.3 Å². The van der Waals surface area contributed by atoms with E-state index in [2.05, 4.69) is 15.3 Å². The van der Waals surface area contributed by atoms with Crippen LogP contribution in [0, 0.1) is 0 Å². The summed E-state index contributed by atoms with van der Waals surface area (Å²) >= 11 is 7.76. The normalized spacial score (nSPS) is 14.9. The molecule has 1 aliphatic rings. The Morgan fingerprint density at radius 2 is 2.24 bits per heavy atom. The first-order valence-electron chi connectivity index (χ1n) is 5.58. The van der Waals surface area contributed by atoms with Gasteiger partial charge < -0.3 is 5.32 Å². The predicted molar refractivity (Wildman–Crippen MR) is 71.9 cm³/mol. The van der Waals surface area contributed by atoms with Gasteiger partial charge in [0.25, 0.3) is 0 Å². The van der Waals surface area contributed by atoms with Gasteiger partial charge in [-0.25, -0.2) is 9.97 Å². The summed E-state index contributed by atoms with van der Waals surface area (Å²) in [5, 5.41) is 5.83. The van der Waals surface area contributed by atoms with Gasteiger partial charge >= 0.3 is 0 Å². The molecule has 0 spiro atoms. The summed E-state index contributed by atoms with van der Waals surface area (Å²) in [6.45, 7) is 0. The van der Waals surface area contributed by atoms with Gasteiger partial charge in [0.15, 0.2) is 0 Å². The second-order valence-electron chi connectivity index (χ2n) is 4.12. The third-order valence-corrected chi connectivity index (χ3v) is 4.16. The largest absolute Gasteiger partial charge is 0.373 e. The minimum absolute atomic E-state index is 0.542. The molecule has 5 heteroatoms. The Hall–Kier alpha value is -1.13. The second kappa shape index (κ2) is 4.27. The maximum atomic E-state index is 6.15. The van der Waals surface area contributed by atoms with Crippen LogP contribution in [0.2, 0.25) is 5.02 Å². The summed E-state index contributed by atoms with van der Waals surface area (Å²) in [6.07, 6.45) is 2.40. The number of aromatic nitrogens is 2. The molecule has 0 atom stereocenters. The van der Waals surface area contributed by atoms with E-state index in [1.165, 1.54) is 12.8 Å². The van der Waals surface area contributed by atoms with Crippen molar-refractivity contribution in [3.63, 3.8) is 0 Å². The van der Waals surface area contributed by atoms with E-state index in [1.807, 2.05) is 24.6 Å². The van der Waals surface area contributed by atoms with Crippen molar-refractivity contribution in [2.75, 3.05) is 12.4 Å². The van der Waals surface area contributed by atoms with Gasteiger partial charge in [-0.1, -0.05) is 11.6 Å². The molecule has 3 nitrogen and oxygen atoms in total. The van der Waals surface area contributed by atoms with Gasteiger partial charge in [0.1, 0.15) is 11.6 Å². The lowest BCUT2D eigenvalue weighted by molar-refractivity contribution is 0.933. The van der Waals surface area contributed by atoms with E-state index in [0.29, 0.717) is 5.92 Å². The lowest BCUT2D eigenvalue weighted by Gasteiger charge is -2.06. The molecule has 17 heavy (non-hydrogen) atoms. The third-order valence-electron chi connectivity index (χ3n) is 2.79. The zero-order chi connectivity index (χ0) is 11.8. The van der Waals surface area contributed by atoms with Gasteiger partial charge in [0.2, 0.25) is 0 Å². The molecule has 1 saturated carbocycles. The molecular weight excluding hydrogens is 254 g/mol. The maximum Gasteiger partial charge on any atom is 0.134 e. The molecule has 0 saturated heterocycles. The zero-order valence-corrected chi connectivity index (χ0v) is 11.0. The predicted octanol–water partition coefficient (Wildman–Crippen LogP) is 3.78. The number of hydrogen-bond donors (Lipinski definition) is 1. The molecule has 2 heterocycles. The van der Waals surface area contributed by atoms with Gasteiger partial charge in [-0.3, -0.25) is 0 Å². The van der Waals surface area contributed by atoms with E-state index in [-0.39, 0.29) is 0 Å². The van der Waals surface area contributed by atoms with Crippen LogP contribution >= 0.6 is 22.9 Å². The van der Waals surface area contributed by atoms with Crippen LogP contribution in [-0.4, -0.2) is 17.0 Å². The Labute approximate surface area is 109 Å². The summed E-state index contributed by atoms with van der Waals surface area (Å²) in [7, 11) is 1.87. The van der Waals surface area contributed by atoms with E-state index < -0.39 is 0 Å². The topological polar surface area (TPSA) is 37.8 Å². The van der Waals surface area contributed by atoms with Crippen LogP contribution in [-0.2, 0) is 0 Å². The number of hydrogen-bond acceptors (Lipinski definition) is 4. The van der Waals surface area contributed by atoms with Crippen molar-refractivity contribution in [3.05, 3.63) is 28.4 Å². The minimum atomic E-state index is 0.542. The van der Waals surface area contributed by atoms with Crippen LogP contribution in [0.15, 0.2) is 17.5 Å². The first-order chi connectivity index (χ1) is 8.28. The van der Waals surface area contributed by atoms with Gasteiger partial charge in [0.05, 0.1) is 15.6 Å². The third kappa shape index (κ3) is 2.15. The van der Waals surface area contributed by atoms with Crippen LogP contribution in [0.4, 0.5) is 5.82 Å². The van der Waals surface area contributed by atoms with Gasteiger partial charge in [0, 0.05) is 19.0 Å². The first-order valence-corrected chi connectivity index (χ1v) is 6.84. The minimum Gasteiger partial charge on any atom is -0.373 e. The van der Waals surface area contributed by atoms with Crippen molar-refractivity contribution >= 4 is 28.8 Å². The Kier molecular flexibility index (Phi) is 2.76. The summed E-state index contributed by atoms with van der Waals surface area (Å²) in [4.78, 5) is 10.1. The summed E-state index contributed by atoms with van der Waals surface area (Å²) in [5.41, 5.74) is 0.922. The highest BCUT2D eigenvalue weighted by Gasteiger charge is 2.27. The molecule has 1 fully saturated rings.